The van der Waals surface area contributed by atoms with E-state index in [1.807, 2.05) is 37.3 Å². The van der Waals surface area contributed by atoms with E-state index >= 15 is 0 Å². The number of aliphatic hydroxyl groups excluding tert-OH is 1. The SMILES string of the molecule is C=CCCC(=O)N[C@H](C)[C@@H](OC(=O)[C@@H]1[C@H]2C(=O)N([C@@H](CC)CO)[C@H](C(=O)N(CC=C)CCN3CCOCC3)[C@]23CC[C@H]1O3)c1ccccc1. The Hall–Kier alpha value is -3.58. The number of amides is 3. The lowest BCUT2D eigenvalue weighted by atomic mass is 9.70. The fourth-order valence-corrected chi connectivity index (χ4v) is 8.09. The Morgan fingerprint density at radius 1 is 1.18 bits per heavy atom. The van der Waals surface area contributed by atoms with Gasteiger partial charge in [0.05, 0.1) is 49.8 Å². The van der Waals surface area contributed by atoms with Crippen molar-refractivity contribution in [1.82, 2.24) is 20.0 Å². The summed E-state index contributed by atoms with van der Waals surface area (Å²) in [5, 5.41) is 13.4. The van der Waals surface area contributed by atoms with E-state index in [4.69, 9.17) is 14.2 Å². The molecule has 0 aromatic heterocycles. The Bertz CT molecular complexity index is 1350. The van der Waals surface area contributed by atoms with Crippen LogP contribution in [0.1, 0.15) is 57.6 Å². The first kappa shape index (κ1) is 36.7. The highest BCUT2D eigenvalue weighted by atomic mass is 16.6. The molecule has 4 aliphatic heterocycles. The number of esters is 1. The van der Waals surface area contributed by atoms with Gasteiger partial charge in [0, 0.05) is 39.1 Å². The smallest absolute Gasteiger partial charge is 0.313 e. The summed E-state index contributed by atoms with van der Waals surface area (Å²) in [5.41, 5.74) is -0.541. The van der Waals surface area contributed by atoms with E-state index in [0.717, 1.165) is 13.1 Å². The molecule has 12 heteroatoms. The van der Waals surface area contributed by atoms with Crippen LogP contribution in [-0.4, -0.2) is 126 Å². The molecular weight excluding hydrogens is 628 g/mol. The summed E-state index contributed by atoms with van der Waals surface area (Å²) in [6.45, 7) is 15.0. The summed E-state index contributed by atoms with van der Waals surface area (Å²) in [4.78, 5) is 61.6. The van der Waals surface area contributed by atoms with E-state index in [9.17, 15) is 24.3 Å². The fraction of sp³-hybridized carbons (Fsp3) is 0.622. The minimum Gasteiger partial charge on any atom is -0.455 e. The van der Waals surface area contributed by atoms with Crippen LogP contribution in [-0.2, 0) is 33.4 Å². The van der Waals surface area contributed by atoms with E-state index in [1.54, 1.807) is 24.0 Å². The molecule has 4 fully saturated rings. The van der Waals surface area contributed by atoms with Gasteiger partial charge in [-0.05, 0) is 38.2 Å². The number of hydrogen-bond acceptors (Lipinski definition) is 9. The number of morpholine rings is 1. The van der Waals surface area contributed by atoms with Crippen molar-refractivity contribution in [3.8, 4) is 0 Å². The van der Waals surface area contributed by atoms with Crippen molar-refractivity contribution in [3.05, 3.63) is 61.2 Å². The Kier molecular flexibility index (Phi) is 12.3. The molecule has 268 valence electrons. The van der Waals surface area contributed by atoms with Crippen molar-refractivity contribution >= 4 is 23.7 Å². The highest BCUT2D eigenvalue weighted by Gasteiger charge is 2.75. The lowest BCUT2D eigenvalue weighted by molar-refractivity contribution is -0.162. The molecule has 1 spiro atoms. The maximum atomic E-state index is 14.6. The number of likely N-dealkylation sites (tertiary alicyclic amines) is 1. The number of carbonyl (C=O) groups excluding carboxylic acids is 4. The summed E-state index contributed by atoms with van der Waals surface area (Å²) >= 11 is 0. The molecule has 1 aromatic rings. The third-order valence-corrected chi connectivity index (χ3v) is 10.6. The molecule has 8 atom stereocenters. The Balaban J connectivity index is 1.43. The average molecular weight is 681 g/mol. The standard InChI is InChI=1S/C37H52N4O8/c1-5-8-14-29(43)38-25(4)32(26-12-10-9-11-13-26)48-36(46)30-28-15-16-37(49-28)31(30)34(44)41(27(7-3)24-42)33(37)35(45)40(17-6-2)19-18-39-20-22-47-23-21-39/h5-6,9-13,25,27-28,30-33,42H,1-2,7-8,14-24H2,3-4H3,(H,38,43)/t25-,27+,28-,30+,31+,32-,33-,37+/m1/s1. The molecule has 0 saturated carbocycles. The highest BCUT2D eigenvalue weighted by Crippen LogP contribution is 2.59. The van der Waals surface area contributed by atoms with E-state index < -0.39 is 53.7 Å². The molecule has 3 amide bonds. The summed E-state index contributed by atoms with van der Waals surface area (Å²) in [7, 11) is 0. The minimum atomic E-state index is -1.24. The summed E-state index contributed by atoms with van der Waals surface area (Å²) in [5.74, 6) is -3.35. The van der Waals surface area contributed by atoms with Gasteiger partial charge in [-0.3, -0.25) is 24.1 Å². The van der Waals surface area contributed by atoms with Crippen LogP contribution in [0.25, 0.3) is 0 Å². The zero-order valence-corrected chi connectivity index (χ0v) is 28.8. The number of aliphatic hydroxyl groups is 1. The predicted octanol–water partition coefficient (Wildman–Crippen LogP) is 2.23. The van der Waals surface area contributed by atoms with Crippen molar-refractivity contribution < 1.29 is 38.5 Å². The molecule has 12 nitrogen and oxygen atoms in total. The van der Waals surface area contributed by atoms with Gasteiger partial charge in [0.25, 0.3) is 0 Å². The second-order valence-electron chi connectivity index (χ2n) is 13.5. The number of nitrogens with one attached hydrogen (secondary N) is 1. The monoisotopic (exact) mass is 680 g/mol. The molecule has 4 heterocycles. The second kappa shape index (κ2) is 16.4. The van der Waals surface area contributed by atoms with Crippen LogP contribution >= 0.6 is 0 Å². The highest BCUT2D eigenvalue weighted by molar-refractivity contribution is 5.98. The van der Waals surface area contributed by atoms with E-state index in [2.05, 4.69) is 23.4 Å². The van der Waals surface area contributed by atoms with E-state index in [-0.39, 0.29) is 37.3 Å². The number of allylic oxidation sites excluding steroid dienone is 1. The first-order chi connectivity index (χ1) is 23.7. The average Bonchev–Trinajstić information content (AvgIpc) is 3.76. The lowest BCUT2D eigenvalue weighted by Gasteiger charge is -2.39. The van der Waals surface area contributed by atoms with E-state index in [1.165, 1.54) is 4.90 Å². The number of ether oxygens (including phenoxy) is 3. The number of benzene rings is 1. The van der Waals surface area contributed by atoms with Crippen LogP contribution in [0.15, 0.2) is 55.6 Å². The van der Waals surface area contributed by atoms with Gasteiger partial charge >= 0.3 is 5.97 Å². The van der Waals surface area contributed by atoms with Crippen LogP contribution < -0.4 is 5.32 Å². The number of nitrogens with zero attached hydrogens (tertiary/aromatic N) is 3. The van der Waals surface area contributed by atoms with Crippen molar-refractivity contribution in [2.24, 2.45) is 11.8 Å². The van der Waals surface area contributed by atoms with Gasteiger partial charge in [0.1, 0.15) is 17.7 Å². The molecule has 4 aliphatic rings. The third kappa shape index (κ3) is 7.47. The molecule has 5 rings (SSSR count). The Morgan fingerprint density at radius 2 is 1.92 bits per heavy atom. The minimum absolute atomic E-state index is 0.193. The fourth-order valence-electron chi connectivity index (χ4n) is 8.09. The number of carbonyl (C=O) groups is 4. The van der Waals surface area contributed by atoms with Crippen LogP contribution in [0.3, 0.4) is 0 Å². The van der Waals surface area contributed by atoms with Crippen LogP contribution in [0.2, 0.25) is 0 Å². The van der Waals surface area contributed by atoms with Crippen molar-refractivity contribution in [2.75, 3.05) is 52.5 Å². The predicted molar refractivity (Wildman–Crippen MR) is 182 cm³/mol. The van der Waals surface area contributed by atoms with Crippen molar-refractivity contribution in [3.63, 3.8) is 0 Å². The zero-order chi connectivity index (χ0) is 35.1. The molecule has 4 saturated heterocycles. The van der Waals surface area contributed by atoms with Crippen molar-refractivity contribution in [1.29, 1.82) is 0 Å². The maximum Gasteiger partial charge on any atom is 0.313 e. The zero-order valence-electron chi connectivity index (χ0n) is 28.8. The summed E-state index contributed by atoms with van der Waals surface area (Å²) in [6.07, 6.45) is 4.00. The normalized spacial score (nSPS) is 28.0. The molecule has 0 aliphatic carbocycles. The summed E-state index contributed by atoms with van der Waals surface area (Å²) < 4.78 is 18.4. The lowest BCUT2D eigenvalue weighted by Crippen LogP contribution is -2.59. The number of rotatable bonds is 17. The van der Waals surface area contributed by atoms with Gasteiger partial charge in [-0.25, -0.2) is 0 Å². The van der Waals surface area contributed by atoms with Crippen LogP contribution in [0.5, 0.6) is 0 Å². The van der Waals surface area contributed by atoms with Crippen LogP contribution in [0.4, 0.5) is 0 Å². The molecule has 49 heavy (non-hydrogen) atoms. The Morgan fingerprint density at radius 3 is 2.57 bits per heavy atom. The Labute approximate surface area is 289 Å². The molecule has 0 radical (unpaired) electrons. The van der Waals surface area contributed by atoms with Gasteiger partial charge < -0.3 is 34.4 Å². The largest absolute Gasteiger partial charge is 0.455 e. The molecule has 2 N–H and O–H groups in total. The molecular formula is C37H52N4O8. The summed E-state index contributed by atoms with van der Waals surface area (Å²) in [6, 6.07) is 6.97. The maximum absolute atomic E-state index is 14.6. The number of fused-ring (bicyclic) bond motifs is 1. The van der Waals surface area contributed by atoms with Crippen molar-refractivity contribution in [2.45, 2.75) is 81.9 Å². The first-order valence-electron chi connectivity index (χ1n) is 17.7. The molecule has 0 unspecified atom stereocenters. The topological polar surface area (TPSA) is 138 Å². The quantitative estimate of drug-likeness (QED) is 0.188. The van der Waals surface area contributed by atoms with Gasteiger partial charge in [0.2, 0.25) is 17.7 Å². The third-order valence-electron chi connectivity index (χ3n) is 10.6. The van der Waals surface area contributed by atoms with Gasteiger partial charge in [-0.1, -0.05) is 49.4 Å². The first-order valence-corrected chi connectivity index (χ1v) is 17.7. The molecule has 2 bridgehead atoms. The second-order valence-corrected chi connectivity index (χ2v) is 13.5. The van der Waals surface area contributed by atoms with Gasteiger partial charge in [0.15, 0.2) is 0 Å². The van der Waals surface area contributed by atoms with Gasteiger partial charge in [-0.2, -0.15) is 0 Å². The van der Waals surface area contributed by atoms with E-state index in [0.29, 0.717) is 57.6 Å². The van der Waals surface area contributed by atoms with Gasteiger partial charge in [-0.15, -0.1) is 13.2 Å². The molecule has 1 aromatic carbocycles. The van der Waals surface area contributed by atoms with Crippen LogP contribution in [0, 0.1) is 11.8 Å². The number of hydrogen-bond donors (Lipinski definition) is 2.